The van der Waals surface area contributed by atoms with Crippen molar-refractivity contribution in [1.82, 2.24) is 14.9 Å². The third kappa shape index (κ3) is 2.16. The van der Waals surface area contributed by atoms with Crippen LogP contribution in [0.3, 0.4) is 0 Å². The Kier molecular flexibility index (Phi) is 2.98. The van der Waals surface area contributed by atoms with Gasteiger partial charge in [0.1, 0.15) is 6.33 Å². The van der Waals surface area contributed by atoms with Crippen molar-refractivity contribution in [2.75, 3.05) is 5.43 Å². The molecule has 0 saturated carbocycles. The molecule has 1 heterocycles. The second-order valence-corrected chi connectivity index (χ2v) is 2.70. The molecule has 6 heteroatoms. The first-order valence-electron chi connectivity index (χ1n) is 3.66. The summed E-state index contributed by atoms with van der Waals surface area (Å²) in [5, 5.41) is 6.18. The molecule has 0 aliphatic rings. The van der Waals surface area contributed by atoms with Gasteiger partial charge in [0.2, 0.25) is 10.7 Å². The van der Waals surface area contributed by atoms with Crippen LogP contribution >= 0.6 is 12.2 Å². The van der Waals surface area contributed by atoms with Crippen LogP contribution in [0, 0.1) is 4.77 Å². The van der Waals surface area contributed by atoms with Gasteiger partial charge in [-0.1, -0.05) is 6.92 Å². The van der Waals surface area contributed by atoms with Crippen LogP contribution in [0.15, 0.2) is 6.33 Å². The third-order valence-electron chi connectivity index (χ3n) is 1.27. The van der Waals surface area contributed by atoms with Gasteiger partial charge in [-0.3, -0.25) is 15.3 Å². The molecule has 0 saturated heterocycles. The molecule has 0 aliphatic carbocycles. The number of aromatic nitrogens is 3. The lowest BCUT2D eigenvalue weighted by Gasteiger charge is -2.01. The van der Waals surface area contributed by atoms with E-state index in [-0.39, 0.29) is 5.91 Å². The van der Waals surface area contributed by atoms with Crippen LogP contribution in [0.25, 0.3) is 0 Å². The summed E-state index contributed by atoms with van der Waals surface area (Å²) < 4.78 is 1.77. The molecule has 12 heavy (non-hydrogen) atoms. The van der Waals surface area contributed by atoms with Crippen LogP contribution in [0.5, 0.6) is 0 Å². The average molecular weight is 186 g/mol. The first-order chi connectivity index (χ1) is 5.74. The highest BCUT2D eigenvalue weighted by atomic mass is 32.1. The van der Waals surface area contributed by atoms with Gasteiger partial charge in [-0.25, -0.2) is 4.68 Å². The Balaban J connectivity index is 2.58. The van der Waals surface area contributed by atoms with E-state index in [2.05, 4.69) is 15.6 Å². The third-order valence-corrected chi connectivity index (χ3v) is 1.56. The molecule has 0 fully saturated rings. The van der Waals surface area contributed by atoms with Crippen molar-refractivity contribution >= 4 is 18.1 Å². The molecule has 0 aliphatic heterocycles. The summed E-state index contributed by atoms with van der Waals surface area (Å²) >= 11 is 4.82. The standard InChI is InChI=1S/C6H10N4OS/c1-2-3-5(11)9-10-4-7-8-6(10)12/h4H,2-3H2,1H3,(H,8,12)(H,9,11). The van der Waals surface area contributed by atoms with Gasteiger partial charge >= 0.3 is 0 Å². The van der Waals surface area contributed by atoms with E-state index in [9.17, 15) is 4.79 Å². The fourth-order valence-corrected chi connectivity index (χ4v) is 0.891. The van der Waals surface area contributed by atoms with E-state index >= 15 is 0 Å². The Morgan fingerprint density at radius 2 is 2.67 bits per heavy atom. The number of hydrogen-bond acceptors (Lipinski definition) is 3. The number of hydrogen-bond donors (Lipinski definition) is 2. The van der Waals surface area contributed by atoms with Gasteiger partial charge < -0.3 is 0 Å². The zero-order valence-electron chi connectivity index (χ0n) is 6.70. The predicted molar refractivity (Wildman–Crippen MR) is 46.7 cm³/mol. The number of aromatic amines is 1. The van der Waals surface area contributed by atoms with Gasteiger partial charge in [-0.15, -0.1) is 0 Å². The van der Waals surface area contributed by atoms with E-state index in [4.69, 9.17) is 12.2 Å². The molecular weight excluding hydrogens is 176 g/mol. The maximum atomic E-state index is 11.0. The summed E-state index contributed by atoms with van der Waals surface area (Å²) in [7, 11) is 0. The fourth-order valence-electron chi connectivity index (χ4n) is 0.745. The van der Waals surface area contributed by atoms with E-state index in [1.807, 2.05) is 6.92 Å². The quantitative estimate of drug-likeness (QED) is 0.687. The zero-order valence-corrected chi connectivity index (χ0v) is 7.52. The topological polar surface area (TPSA) is 62.7 Å². The minimum atomic E-state index is -0.0602. The molecule has 0 radical (unpaired) electrons. The second kappa shape index (κ2) is 4.01. The molecule has 5 nitrogen and oxygen atoms in total. The van der Waals surface area contributed by atoms with Crippen molar-refractivity contribution in [3.8, 4) is 0 Å². The van der Waals surface area contributed by atoms with Crippen LogP contribution < -0.4 is 5.43 Å². The molecule has 0 unspecified atom stereocenters. The molecule has 0 bridgehead atoms. The lowest BCUT2D eigenvalue weighted by Crippen LogP contribution is -2.21. The van der Waals surface area contributed by atoms with Gasteiger partial charge in [-0.05, 0) is 18.6 Å². The number of carbonyl (C=O) groups is 1. The highest BCUT2D eigenvalue weighted by molar-refractivity contribution is 7.71. The van der Waals surface area contributed by atoms with Gasteiger partial charge in [0, 0.05) is 6.42 Å². The normalized spacial score (nSPS) is 9.75. The maximum Gasteiger partial charge on any atom is 0.238 e. The highest BCUT2D eigenvalue weighted by Gasteiger charge is 1.99. The summed E-state index contributed by atoms with van der Waals surface area (Å²) in [6.45, 7) is 1.94. The summed E-state index contributed by atoms with van der Waals surface area (Å²) in [6.07, 6.45) is 2.74. The highest BCUT2D eigenvalue weighted by Crippen LogP contribution is 1.88. The van der Waals surface area contributed by atoms with E-state index in [0.717, 1.165) is 6.42 Å². The number of nitrogens with zero attached hydrogens (tertiary/aromatic N) is 2. The SMILES string of the molecule is CCCC(=O)Nn1cn[nH]c1=S. The van der Waals surface area contributed by atoms with Crippen LogP contribution in [0.4, 0.5) is 0 Å². The summed E-state index contributed by atoms with van der Waals surface area (Å²) in [5.41, 5.74) is 2.57. The number of amides is 1. The molecule has 0 spiro atoms. The molecule has 1 rings (SSSR count). The largest absolute Gasteiger partial charge is 0.273 e. The Hall–Kier alpha value is -1.17. The summed E-state index contributed by atoms with van der Waals surface area (Å²) in [6, 6.07) is 0. The van der Waals surface area contributed by atoms with Crippen molar-refractivity contribution < 1.29 is 4.79 Å². The van der Waals surface area contributed by atoms with Gasteiger partial charge in [0.05, 0.1) is 0 Å². The lowest BCUT2D eigenvalue weighted by atomic mass is 10.3. The van der Waals surface area contributed by atoms with Crippen molar-refractivity contribution in [3.05, 3.63) is 11.1 Å². The summed E-state index contributed by atoms with van der Waals surface area (Å²) in [4.78, 5) is 11.0. The minimum absolute atomic E-state index is 0.0602. The van der Waals surface area contributed by atoms with Gasteiger partial charge in [0.15, 0.2) is 0 Å². The Morgan fingerprint density at radius 3 is 3.17 bits per heavy atom. The van der Waals surface area contributed by atoms with Crippen molar-refractivity contribution in [2.45, 2.75) is 19.8 Å². The molecule has 2 N–H and O–H groups in total. The Labute approximate surface area is 74.8 Å². The van der Waals surface area contributed by atoms with E-state index in [0.29, 0.717) is 11.2 Å². The van der Waals surface area contributed by atoms with Crippen molar-refractivity contribution in [3.63, 3.8) is 0 Å². The Morgan fingerprint density at radius 1 is 1.92 bits per heavy atom. The van der Waals surface area contributed by atoms with Gasteiger partial charge in [0.25, 0.3) is 0 Å². The van der Waals surface area contributed by atoms with E-state index in [1.165, 1.54) is 11.0 Å². The predicted octanol–water partition coefficient (Wildman–Crippen LogP) is 0.811. The molecule has 1 amide bonds. The maximum absolute atomic E-state index is 11.0. The fraction of sp³-hybridized carbons (Fsp3) is 0.500. The molecular formula is C6H10N4OS. The number of rotatable bonds is 3. The van der Waals surface area contributed by atoms with Crippen molar-refractivity contribution in [1.29, 1.82) is 0 Å². The first-order valence-corrected chi connectivity index (χ1v) is 4.06. The smallest absolute Gasteiger partial charge is 0.238 e. The van der Waals surface area contributed by atoms with Crippen LogP contribution in [0.1, 0.15) is 19.8 Å². The first kappa shape index (κ1) is 8.92. The van der Waals surface area contributed by atoms with Gasteiger partial charge in [-0.2, -0.15) is 5.10 Å². The molecule has 0 aromatic carbocycles. The van der Waals surface area contributed by atoms with Crippen LogP contribution in [-0.2, 0) is 4.79 Å². The van der Waals surface area contributed by atoms with E-state index < -0.39 is 0 Å². The number of H-pyrrole nitrogens is 1. The molecule has 66 valence electrons. The monoisotopic (exact) mass is 186 g/mol. The second-order valence-electron chi connectivity index (χ2n) is 2.32. The lowest BCUT2D eigenvalue weighted by molar-refractivity contribution is -0.117. The molecule has 1 aromatic rings. The van der Waals surface area contributed by atoms with Crippen LogP contribution in [0.2, 0.25) is 0 Å². The average Bonchev–Trinajstić information content (AvgIpc) is 2.37. The zero-order chi connectivity index (χ0) is 8.97. The Bertz CT molecular complexity index is 315. The van der Waals surface area contributed by atoms with Crippen LogP contribution in [-0.4, -0.2) is 20.8 Å². The summed E-state index contributed by atoms with van der Waals surface area (Å²) in [5.74, 6) is -0.0602. The minimum Gasteiger partial charge on any atom is -0.273 e. The number of nitrogens with one attached hydrogen (secondary N) is 2. The van der Waals surface area contributed by atoms with Crippen molar-refractivity contribution in [2.24, 2.45) is 0 Å². The van der Waals surface area contributed by atoms with E-state index in [1.54, 1.807) is 0 Å². The molecule has 1 aromatic heterocycles. The number of carbonyl (C=O) groups excluding carboxylic acids is 1. The molecule has 0 atom stereocenters.